The average molecular weight is 1170 g/mol. The van der Waals surface area contributed by atoms with Gasteiger partial charge in [0.15, 0.2) is 0 Å². The third-order valence-corrected chi connectivity index (χ3v) is 19.0. The summed E-state index contributed by atoms with van der Waals surface area (Å²) in [6.07, 6.45) is 0. The van der Waals surface area contributed by atoms with Gasteiger partial charge >= 0.3 is 0 Å². The first-order chi connectivity index (χ1) is 45.5. The van der Waals surface area contributed by atoms with Crippen molar-refractivity contribution in [3.8, 4) is 84.5 Å². The van der Waals surface area contributed by atoms with Crippen LogP contribution in [0.2, 0.25) is 0 Å². The monoisotopic (exact) mass is 1170 g/mol. The van der Waals surface area contributed by atoms with Gasteiger partial charge in [-0.05, 0) is 137 Å². The van der Waals surface area contributed by atoms with Gasteiger partial charge in [-0.3, -0.25) is 0 Å². The molecule has 0 bridgehead atoms. The molecule has 0 aliphatic heterocycles. The number of fused-ring (bicyclic) bond motifs is 12. The molecular formula is C87H57N5. The van der Waals surface area contributed by atoms with Gasteiger partial charge in [-0.15, -0.1) is 0 Å². The molecule has 0 saturated carbocycles. The van der Waals surface area contributed by atoms with Crippen LogP contribution in [0.15, 0.2) is 309 Å². The van der Waals surface area contributed by atoms with E-state index in [0.29, 0.717) is 5.56 Å². The predicted octanol–water partition coefficient (Wildman–Crippen LogP) is 22.9. The number of aromatic nitrogens is 4. The maximum Gasteiger partial charge on any atom is 0.104 e. The Kier molecular flexibility index (Phi) is 12.0. The van der Waals surface area contributed by atoms with E-state index in [-0.39, 0.29) is 0 Å². The smallest absolute Gasteiger partial charge is 0.104 e. The summed E-state index contributed by atoms with van der Waals surface area (Å²) in [7, 11) is 0. The zero-order valence-corrected chi connectivity index (χ0v) is 50.7. The highest BCUT2D eigenvalue weighted by Gasteiger charge is 2.35. The van der Waals surface area contributed by atoms with Crippen molar-refractivity contribution in [2.24, 2.45) is 0 Å². The van der Waals surface area contributed by atoms with Crippen molar-refractivity contribution >= 4 is 87.2 Å². The third kappa shape index (κ3) is 8.11. The van der Waals surface area contributed by atoms with Crippen LogP contribution in [0, 0.1) is 25.2 Å². The van der Waals surface area contributed by atoms with Crippen molar-refractivity contribution in [2.75, 3.05) is 0 Å². The summed E-state index contributed by atoms with van der Waals surface area (Å²) >= 11 is 0. The number of nitrogens with zero attached hydrogens (tertiary/aromatic N) is 5. The molecule has 5 nitrogen and oxygen atoms in total. The summed E-state index contributed by atoms with van der Waals surface area (Å²) in [5.41, 5.74) is 25.2. The van der Waals surface area contributed by atoms with Crippen molar-refractivity contribution < 1.29 is 0 Å². The summed E-state index contributed by atoms with van der Waals surface area (Å²) in [5, 5.41) is 22.1. The summed E-state index contributed by atoms with van der Waals surface area (Å²) in [4.78, 5) is 0. The van der Waals surface area contributed by atoms with Crippen LogP contribution in [-0.4, -0.2) is 18.3 Å². The third-order valence-electron chi connectivity index (χ3n) is 19.0. The molecule has 0 fully saturated rings. The number of hydrogen-bond acceptors (Lipinski definition) is 1. The van der Waals surface area contributed by atoms with Gasteiger partial charge in [0, 0.05) is 48.7 Å². The van der Waals surface area contributed by atoms with Gasteiger partial charge in [0.1, 0.15) is 11.6 Å². The Hall–Kier alpha value is -12.2. The van der Waals surface area contributed by atoms with Gasteiger partial charge in [0.2, 0.25) is 0 Å². The Morgan fingerprint density at radius 1 is 0.217 bits per heavy atom. The molecule has 0 aliphatic carbocycles. The molecule has 92 heavy (non-hydrogen) atoms. The Morgan fingerprint density at radius 3 is 0.750 bits per heavy atom. The predicted molar refractivity (Wildman–Crippen MR) is 385 cm³/mol. The van der Waals surface area contributed by atoms with E-state index in [1.54, 1.807) is 0 Å². The molecule has 0 unspecified atom stereocenters. The van der Waals surface area contributed by atoms with Crippen LogP contribution in [0.3, 0.4) is 0 Å². The molecule has 0 atom stereocenters. The van der Waals surface area contributed by atoms with Gasteiger partial charge in [0.25, 0.3) is 0 Å². The first kappa shape index (κ1) is 52.9. The minimum Gasteiger partial charge on any atom is -0.306 e. The number of hydrogen-bond donors (Lipinski definition) is 0. The Morgan fingerprint density at radius 2 is 0.467 bits per heavy atom. The van der Waals surface area contributed by atoms with Gasteiger partial charge in [0.05, 0.1) is 66.9 Å². The van der Waals surface area contributed by atoms with Gasteiger partial charge < -0.3 is 18.3 Å². The summed E-state index contributed by atoms with van der Waals surface area (Å²) in [6, 6.07) is 116. The highest BCUT2D eigenvalue weighted by Crippen LogP contribution is 2.53. The van der Waals surface area contributed by atoms with E-state index in [2.05, 4.69) is 348 Å². The van der Waals surface area contributed by atoms with E-state index in [9.17, 15) is 5.26 Å². The van der Waals surface area contributed by atoms with E-state index < -0.39 is 0 Å². The molecule has 0 aliphatic rings. The van der Waals surface area contributed by atoms with Crippen LogP contribution in [0.5, 0.6) is 0 Å². The average Bonchev–Trinajstić information content (AvgIpc) is 1.44. The molecule has 0 N–H and O–H groups in total. The lowest BCUT2D eigenvalue weighted by molar-refractivity contribution is 1.04. The molecule has 430 valence electrons. The summed E-state index contributed by atoms with van der Waals surface area (Å²) in [6.45, 7) is 4.43. The standard InChI is InChI=1S/C87H57N5/c1-55-47-56(2)49-65(48-55)83-86(91-79-43-39-61(57-23-7-3-8-24-57)50-70(79)71-51-62(40-44-80(71)91)58-25-9-4-10-26-58)84(89-75-35-19-15-31-66(75)67-32-16-20-36-76(67)89)74(54-88)85(90-77-37-21-17-33-68(77)69-34-18-22-38-78(69)90)87(83)92-81-45-41-63(59-27-11-5-12-28-59)52-72(81)73-53-64(42-46-82(73)92)60-29-13-6-14-30-60/h3-53H,1-2H3. The zero-order chi connectivity index (χ0) is 61.1. The van der Waals surface area contributed by atoms with Crippen LogP contribution in [0.25, 0.3) is 166 Å². The molecule has 5 heteroatoms. The van der Waals surface area contributed by atoms with Gasteiger partial charge in [-0.1, -0.05) is 248 Å². The van der Waals surface area contributed by atoms with Crippen molar-refractivity contribution in [2.45, 2.75) is 13.8 Å². The zero-order valence-electron chi connectivity index (χ0n) is 50.7. The fourth-order valence-corrected chi connectivity index (χ4v) is 15.2. The maximum absolute atomic E-state index is 13.3. The molecule has 18 aromatic rings. The second-order valence-electron chi connectivity index (χ2n) is 24.4. The normalized spacial score (nSPS) is 11.8. The van der Waals surface area contributed by atoms with Crippen LogP contribution in [0.1, 0.15) is 16.7 Å². The van der Waals surface area contributed by atoms with Crippen LogP contribution in [-0.2, 0) is 0 Å². The number of rotatable bonds is 9. The van der Waals surface area contributed by atoms with Crippen molar-refractivity contribution in [3.63, 3.8) is 0 Å². The largest absolute Gasteiger partial charge is 0.306 e. The van der Waals surface area contributed by atoms with E-state index in [1.807, 2.05) is 0 Å². The molecule has 0 saturated heterocycles. The lowest BCUT2D eigenvalue weighted by atomic mass is 9.91. The number of nitriles is 1. The highest BCUT2D eigenvalue weighted by molar-refractivity contribution is 6.18. The molecule has 0 spiro atoms. The lowest BCUT2D eigenvalue weighted by Gasteiger charge is -2.29. The fraction of sp³-hybridized carbons (Fsp3) is 0.0230. The quantitative estimate of drug-likeness (QED) is 0.142. The second-order valence-corrected chi connectivity index (χ2v) is 24.4. The van der Waals surface area contributed by atoms with E-state index >= 15 is 0 Å². The molecular weight excluding hydrogens is 1110 g/mol. The Labute approximate surface area is 532 Å². The number of para-hydroxylation sites is 4. The molecule has 18 rings (SSSR count). The molecule has 0 radical (unpaired) electrons. The highest BCUT2D eigenvalue weighted by atomic mass is 15.1. The van der Waals surface area contributed by atoms with E-state index in [0.717, 1.165) is 177 Å². The summed E-state index contributed by atoms with van der Waals surface area (Å²) in [5.74, 6) is 0. The van der Waals surface area contributed by atoms with Crippen LogP contribution in [0.4, 0.5) is 0 Å². The SMILES string of the molecule is Cc1cc(C)cc(-c2c(-n3c4ccc(-c5ccccc5)cc4c4cc(-c5ccccc5)ccc43)c(-n3c4ccccc4c4ccccc43)c(C#N)c(-n3c4ccccc4c4ccccc43)c2-n2c3ccc(-c4ccccc4)cc3c3cc(-c4ccccc4)ccc32)c1. The second kappa shape index (κ2) is 21.0. The van der Waals surface area contributed by atoms with Crippen molar-refractivity contribution in [1.29, 1.82) is 5.26 Å². The van der Waals surface area contributed by atoms with Gasteiger partial charge in [-0.25, -0.2) is 0 Å². The minimum atomic E-state index is 0.523. The van der Waals surface area contributed by atoms with Crippen LogP contribution < -0.4 is 0 Å². The minimum absolute atomic E-state index is 0.523. The van der Waals surface area contributed by atoms with Crippen LogP contribution >= 0.6 is 0 Å². The van der Waals surface area contributed by atoms with Crippen molar-refractivity contribution in [1.82, 2.24) is 18.3 Å². The Balaban J connectivity index is 1.14. The first-order valence-corrected chi connectivity index (χ1v) is 31.5. The van der Waals surface area contributed by atoms with E-state index in [1.165, 1.54) is 0 Å². The fourth-order valence-electron chi connectivity index (χ4n) is 15.2. The molecule has 0 amide bonds. The topological polar surface area (TPSA) is 43.5 Å². The molecule has 4 aromatic heterocycles. The molecule has 14 aromatic carbocycles. The summed E-state index contributed by atoms with van der Waals surface area (Å²) < 4.78 is 9.89. The van der Waals surface area contributed by atoms with E-state index in [4.69, 9.17) is 0 Å². The molecule has 4 heterocycles. The maximum atomic E-state index is 13.3. The number of aryl methyl sites for hydroxylation is 2. The number of benzene rings is 14. The Bertz CT molecular complexity index is 5410. The lowest BCUT2D eigenvalue weighted by Crippen LogP contribution is -2.16. The van der Waals surface area contributed by atoms with Crippen molar-refractivity contribution in [3.05, 3.63) is 326 Å². The van der Waals surface area contributed by atoms with Gasteiger partial charge in [-0.2, -0.15) is 5.26 Å². The first-order valence-electron chi connectivity index (χ1n) is 31.5.